The Balaban J connectivity index is 1.53. The molecule has 1 heterocycles. The molecule has 0 spiro atoms. The third-order valence-electron chi connectivity index (χ3n) is 6.96. The van der Waals surface area contributed by atoms with E-state index >= 15 is 0 Å². The number of nitrogens with zero attached hydrogens (tertiary/aromatic N) is 2. The van der Waals surface area contributed by atoms with Crippen molar-refractivity contribution in [3.05, 3.63) is 50.9 Å². The van der Waals surface area contributed by atoms with Crippen molar-refractivity contribution in [2.75, 3.05) is 5.32 Å². The highest BCUT2D eigenvalue weighted by atomic mass is 35.5. The fraction of sp³-hybridized carbons (Fsp3) is 0.476. The van der Waals surface area contributed by atoms with E-state index in [-0.39, 0.29) is 10.6 Å². The number of halogens is 2. The average Bonchev–Trinajstić information content (AvgIpc) is 2.64. The van der Waals surface area contributed by atoms with Crippen LogP contribution in [-0.4, -0.2) is 20.9 Å². The van der Waals surface area contributed by atoms with Gasteiger partial charge in [0.25, 0.3) is 5.56 Å². The number of nitrogens with one attached hydrogen (secondary N) is 1. The Labute approximate surface area is 177 Å². The molecule has 4 fully saturated rings. The highest BCUT2D eigenvalue weighted by molar-refractivity contribution is 6.33. The molecule has 0 amide bonds. The van der Waals surface area contributed by atoms with Gasteiger partial charge in [0.1, 0.15) is 5.02 Å². The first-order chi connectivity index (χ1) is 13.8. The maximum atomic E-state index is 13.2. The van der Waals surface area contributed by atoms with Gasteiger partial charge in [-0.25, -0.2) is 4.68 Å². The lowest BCUT2D eigenvalue weighted by atomic mass is 9.47. The molecule has 0 radical (unpaired) electrons. The Morgan fingerprint density at radius 2 is 1.93 bits per heavy atom. The number of aliphatic carboxylic acids is 1. The smallest absolute Gasteiger partial charge is 0.309 e. The van der Waals surface area contributed by atoms with Crippen LogP contribution in [-0.2, 0) is 10.3 Å². The minimum absolute atomic E-state index is 0.0556. The molecular weight excluding hydrogens is 413 g/mol. The number of rotatable bonds is 4. The van der Waals surface area contributed by atoms with Crippen molar-refractivity contribution in [2.24, 2.45) is 17.3 Å². The molecule has 29 heavy (non-hydrogen) atoms. The van der Waals surface area contributed by atoms with Crippen molar-refractivity contribution in [3.63, 3.8) is 0 Å². The number of anilines is 2. The maximum absolute atomic E-state index is 13.2. The molecule has 4 saturated carbocycles. The highest BCUT2D eigenvalue weighted by Gasteiger charge is 2.62. The lowest BCUT2D eigenvalue weighted by molar-refractivity contribution is -0.173. The Bertz CT molecular complexity index is 1050. The first-order valence-corrected chi connectivity index (χ1v) is 10.6. The Morgan fingerprint density at radius 3 is 2.59 bits per heavy atom. The summed E-state index contributed by atoms with van der Waals surface area (Å²) in [5.41, 5.74) is -0.556. The number of carbonyl (C=O) groups is 1. The molecule has 4 bridgehead atoms. The lowest BCUT2D eigenvalue weighted by Crippen LogP contribution is -2.61. The number of aromatic nitrogens is 2. The number of carboxylic acids is 1. The number of hydrogen-bond acceptors (Lipinski definition) is 4. The second kappa shape index (κ2) is 6.47. The highest BCUT2D eigenvalue weighted by Crippen LogP contribution is 2.63. The summed E-state index contributed by atoms with van der Waals surface area (Å²) in [5, 5.41) is 18.1. The topological polar surface area (TPSA) is 84.2 Å². The van der Waals surface area contributed by atoms with Crippen molar-refractivity contribution < 1.29 is 9.90 Å². The quantitative estimate of drug-likeness (QED) is 0.731. The van der Waals surface area contributed by atoms with Gasteiger partial charge in [-0.05, 0) is 68.6 Å². The fourth-order valence-electron chi connectivity index (χ4n) is 6.29. The van der Waals surface area contributed by atoms with Gasteiger partial charge in [-0.2, -0.15) is 5.10 Å². The third-order valence-corrected chi connectivity index (χ3v) is 7.56. The zero-order valence-electron chi connectivity index (χ0n) is 15.7. The van der Waals surface area contributed by atoms with Gasteiger partial charge in [0.15, 0.2) is 0 Å². The molecular formula is C21H21Cl2N3O3. The summed E-state index contributed by atoms with van der Waals surface area (Å²) in [4.78, 5) is 25.3. The number of carboxylic acid groups (broad SMARTS) is 1. The van der Waals surface area contributed by atoms with Crippen LogP contribution in [0.3, 0.4) is 0 Å². The summed E-state index contributed by atoms with van der Waals surface area (Å²) < 4.78 is 1.48. The molecule has 2 aromatic rings. The normalized spacial score (nSPS) is 32.3. The SMILES string of the molecule is O=C(O)C12C[C@H]3C[C@@H](C1)CC(n1ncc(Nc4cccc(Cl)c4)c(Cl)c1=O)(C3)C2. The molecule has 6 rings (SSSR count). The fourth-order valence-corrected chi connectivity index (χ4v) is 6.66. The molecule has 8 heteroatoms. The molecule has 4 aliphatic rings. The standard InChI is InChI=1S/C21H21Cl2N3O3/c22-14-2-1-3-15(5-14)25-16-10-24-26(18(27)17(16)23)21-8-12-4-13(9-21)7-20(6-12,11-21)19(28)29/h1-3,5,10,12-13,25H,4,6-9,11H2,(H,28,29)/t12-,13+,20?,21?. The van der Waals surface area contributed by atoms with Gasteiger partial charge in [0, 0.05) is 10.7 Å². The monoisotopic (exact) mass is 433 g/mol. The minimum Gasteiger partial charge on any atom is -0.481 e. The van der Waals surface area contributed by atoms with Crippen LogP contribution in [0.4, 0.5) is 11.4 Å². The van der Waals surface area contributed by atoms with Crippen molar-refractivity contribution in [1.29, 1.82) is 0 Å². The van der Waals surface area contributed by atoms with Crippen molar-refractivity contribution in [3.8, 4) is 0 Å². The molecule has 1 aromatic carbocycles. The van der Waals surface area contributed by atoms with Crippen LogP contribution in [0.2, 0.25) is 10.0 Å². The zero-order chi connectivity index (χ0) is 20.4. The van der Waals surface area contributed by atoms with Gasteiger partial charge in [-0.3, -0.25) is 9.59 Å². The van der Waals surface area contributed by atoms with Gasteiger partial charge >= 0.3 is 5.97 Å². The Kier molecular flexibility index (Phi) is 4.23. The summed E-state index contributed by atoms with van der Waals surface area (Å²) in [6.45, 7) is 0. The van der Waals surface area contributed by atoms with Crippen LogP contribution in [0.15, 0.2) is 35.3 Å². The molecule has 2 N–H and O–H groups in total. The molecule has 2 unspecified atom stereocenters. The summed E-state index contributed by atoms with van der Waals surface area (Å²) in [7, 11) is 0. The van der Waals surface area contributed by atoms with Crippen LogP contribution in [0.1, 0.15) is 38.5 Å². The second-order valence-electron chi connectivity index (χ2n) is 9.00. The summed E-state index contributed by atoms with van der Waals surface area (Å²) in [6.07, 6.45) is 6.05. The predicted octanol–water partition coefficient (Wildman–Crippen LogP) is 4.67. The van der Waals surface area contributed by atoms with E-state index in [4.69, 9.17) is 23.2 Å². The van der Waals surface area contributed by atoms with E-state index in [1.165, 1.54) is 4.68 Å². The van der Waals surface area contributed by atoms with Crippen LogP contribution in [0.25, 0.3) is 0 Å². The molecule has 0 saturated heterocycles. The zero-order valence-corrected chi connectivity index (χ0v) is 17.2. The summed E-state index contributed by atoms with van der Waals surface area (Å²) in [6, 6.07) is 7.12. The van der Waals surface area contributed by atoms with Gasteiger partial charge < -0.3 is 10.4 Å². The molecule has 6 nitrogen and oxygen atoms in total. The van der Waals surface area contributed by atoms with E-state index in [2.05, 4.69) is 10.4 Å². The average molecular weight is 434 g/mol. The van der Waals surface area contributed by atoms with E-state index in [0.717, 1.165) is 19.3 Å². The van der Waals surface area contributed by atoms with Gasteiger partial charge in [-0.1, -0.05) is 29.3 Å². The first-order valence-electron chi connectivity index (χ1n) is 9.85. The van der Waals surface area contributed by atoms with Crippen molar-refractivity contribution in [2.45, 2.75) is 44.1 Å². The van der Waals surface area contributed by atoms with Crippen molar-refractivity contribution in [1.82, 2.24) is 9.78 Å². The largest absolute Gasteiger partial charge is 0.481 e. The Hall–Kier alpha value is -2.05. The molecule has 4 aliphatic carbocycles. The second-order valence-corrected chi connectivity index (χ2v) is 9.81. The van der Waals surface area contributed by atoms with E-state index in [1.807, 2.05) is 6.07 Å². The van der Waals surface area contributed by atoms with Crippen LogP contribution >= 0.6 is 23.2 Å². The van der Waals surface area contributed by atoms with E-state index in [0.29, 0.717) is 47.5 Å². The molecule has 4 atom stereocenters. The first kappa shape index (κ1) is 18.9. The number of benzene rings is 1. The molecule has 0 aliphatic heterocycles. The van der Waals surface area contributed by atoms with Gasteiger partial charge in [0.2, 0.25) is 0 Å². The van der Waals surface area contributed by atoms with E-state index in [9.17, 15) is 14.7 Å². The number of hydrogen-bond donors (Lipinski definition) is 2. The summed E-state index contributed by atoms with van der Waals surface area (Å²) >= 11 is 12.5. The molecule has 152 valence electrons. The molecule has 1 aromatic heterocycles. The van der Waals surface area contributed by atoms with Crippen LogP contribution in [0.5, 0.6) is 0 Å². The van der Waals surface area contributed by atoms with Crippen LogP contribution in [0, 0.1) is 17.3 Å². The predicted molar refractivity (Wildman–Crippen MR) is 111 cm³/mol. The van der Waals surface area contributed by atoms with Gasteiger partial charge in [-0.15, -0.1) is 0 Å². The maximum Gasteiger partial charge on any atom is 0.309 e. The van der Waals surface area contributed by atoms with Crippen LogP contribution < -0.4 is 10.9 Å². The minimum atomic E-state index is -0.741. The van der Waals surface area contributed by atoms with Gasteiger partial charge in [0.05, 0.1) is 22.8 Å². The lowest BCUT2D eigenvalue weighted by Gasteiger charge is -2.60. The summed E-state index contributed by atoms with van der Waals surface area (Å²) in [5.74, 6) is -0.0949. The van der Waals surface area contributed by atoms with E-state index < -0.39 is 16.9 Å². The van der Waals surface area contributed by atoms with E-state index in [1.54, 1.807) is 24.4 Å². The third kappa shape index (κ3) is 2.96. The Morgan fingerprint density at radius 1 is 1.21 bits per heavy atom. The van der Waals surface area contributed by atoms with Crippen molar-refractivity contribution >= 4 is 40.5 Å².